The molecule has 0 radical (unpaired) electrons. The maximum Gasteiger partial charge on any atom is 0.227 e. The zero-order chi connectivity index (χ0) is 18.5. The van der Waals surface area contributed by atoms with Gasteiger partial charge in [0.05, 0.1) is 0 Å². The van der Waals surface area contributed by atoms with Crippen LogP contribution in [0.1, 0.15) is 49.3 Å². The van der Waals surface area contributed by atoms with Crippen LogP contribution >= 0.6 is 0 Å². The van der Waals surface area contributed by atoms with Crippen LogP contribution in [0.5, 0.6) is 0 Å². The molecule has 0 bridgehead atoms. The van der Waals surface area contributed by atoms with Crippen molar-refractivity contribution < 1.29 is 4.79 Å². The number of hydrogen-bond acceptors (Lipinski definition) is 2. The molecule has 26 heavy (non-hydrogen) atoms. The molecular weight excluding hydrogens is 320 g/mol. The van der Waals surface area contributed by atoms with Crippen molar-refractivity contribution in [1.29, 1.82) is 0 Å². The van der Waals surface area contributed by atoms with E-state index in [-0.39, 0.29) is 11.8 Å². The van der Waals surface area contributed by atoms with Gasteiger partial charge < -0.3 is 5.32 Å². The Morgan fingerprint density at radius 2 is 1.73 bits per heavy atom. The average Bonchev–Trinajstić information content (AvgIpc) is 2.64. The van der Waals surface area contributed by atoms with Gasteiger partial charge in [0.2, 0.25) is 5.91 Å². The number of hydrogen-bond donors (Lipinski definition) is 1. The number of anilines is 1. The minimum absolute atomic E-state index is 0.118. The van der Waals surface area contributed by atoms with Crippen molar-refractivity contribution in [1.82, 2.24) is 4.90 Å². The highest BCUT2D eigenvalue weighted by atomic mass is 16.1. The molecule has 1 saturated heterocycles. The Morgan fingerprint density at radius 3 is 2.35 bits per heavy atom. The lowest BCUT2D eigenvalue weighted by Gasteiger charge is -2.31. The molecule has 1 aliphatic heterocycles. The number of piperidine rings is 1. The van der Waals surface area contributed by atoms with Crippen molar-refractivity contribution in [2.24, 2.45) is 5.92 Å². The zero-order valence-corrected chi connectivity index (χ0v) is 16.2. The van der Waals surface area contributed by atoms with Crippen LogP contribution in [-0.2, 0) is 11.3 Å². The summed E-state index contributed by atoms with van der Waals surface area (Å²) in [6.07, 6.45) is 1.86. The van der Waals surface area contributed by atoms with E-state index in [4.69, 9.17) is 0 Å². The maximum atomic E-state index is 12.6. The highest BCUT2D eigenvalue weighted by Gasteiger charge is 2.25. The fourth-order valence-electron chi connectivity index (χ4n) is 3.58. The zero-order valence-electron chi connectivity index (χ0n) is 16.2. The number of benzene rings is 2. The number of aryl methyl sites for hydroxylation is 1. The van der Waals surface area contributed by atoms with Crippen LogP contribution in [0.2, 0.25) is 0 Å². The van der Waals surface area contributed by atoms with Crippen LogP contribution in [0.25, 0.3) is 0 Å². The molecule has 0 unspecified atom stereocenters. The first kappa shape index (κ1) is 18.7. The summed E-state index contributed by atoms with van der Waals surface area (Å²) >= 11 is 0. The lowest BCUT2D eigenvalue weighted by molar-refractivity contribution is -0.121. The fourth-order valence-corrected chi connectivity index (χ4v) is 3.58. The molecule has 0 saturated carbocycles. The van der Waals surface area contributed by atoms with Gasteiger partial charge in [-0.25, -0.2) is 0 Å². The molecule has 0 aromatic heterocycles. The number of nitrogens with zero attached hydrogens (tertiary/aromatic N) is 1. The Bertz CT molecular complexity index is 728. The van der Waals surface area contributed by atoms with Crippen LogP contribution in [0.4, 0.5) is 5.69 Å². The molecule has 1 fully saturated rings. The summed E-state index contributed by atoms with van der Waals surface area (Å²) in [6.45, 7) is 9.48. The van der Waals surface area contributed by atoms with Gasteiger partial charge >= 0.3 is 0 Å². The van der Waals surface area contributed by atoms with Crippen molar-refractivity contribution in [2.45, 2.75) is 46.1 Å². The summed E-state index contributed by atoms with van der Waals surface area (Å²) < 4.78 is 0. The summed E-state index contributed by atoms with van der Waals surface area (Å²) in [6, 6.07) is 16.8. The second-order valence-corrected chi connectivity index (χ2v) is 7.74. The molecule has 1 N–H and O–H groups in total. The van der Waals surface area contributed by atoms with Gasteiger partial charge in [-0.2, -0.15) is 0 Å². The van der Waals surface area contributed by atoms with Gasteiger partial charge in [0.15, 0.2) is 0 Å². The third kappa shape index (κ3) is 4.73. The Morgan fingerprint density at radius 1 is 1.08 bits per heavy atom. The van der Waals surface area contributed by atoms with Crippen molar-refractivity contribution >= 4 is 11.6 Å². The van der Waals surface area contributed by atoms with E-state index in [9.17, 15) is 4.79 Å². The Hall–Kier alpha value is -2.13. The highest BCUT2D eigenvalue weighted by molar-refractivity contribution is 5.92. The Balaban J connectivity index is 1.49. The SMILES string of the molecule is Cc1ccccc1CN1CCC(C(=O)Nc2ccc(C(C)C)cc2)CC1. The molecule has 138 valence electrons. The lowest BCUT2D eigenvalue weighted by atomic mass is 9.95. The molecule has 0 spiro atoms. The molecule has 1 heterocycles. The summed E-state index contributed by atoms with van der Waals surface area (Å²) in [5.74, 6) is 0.795. The van der Waals surface area contributed by atoms with Gasteiger partial charge in [-0.15, -0.1) is 0 Å². The number of likely N-dealkylation sites (tertiary alicyclic amines) is 1. The molecule has 3 rings (SSSR count). The van der Waals surface area contributed by atoms with Crippen molar-refractivity contribution in [3.63, 3.8) is 0 Å². The number of nitrogens with one attached hydrogen (secondary N) is 1. The predicted molar refractivity (Wildman–Crippen MR) is 108 cm³/mol. The topological polar surface area (TPSA) is 32.3 Å². The highest BCUT2D eigenvalue weighted by Crippen LogP contribution is 2.23. The second-order valence-electron chi connectivity index (χ2n) is 7.74. The first-order valence-electron chi connectivity index (χ1n) is 9.70. The number of carbonyl (C=O) groups excluding carboxylic acids is 1. The lowest BCUT2D eigenvalue weighted by Crippen LogP contribution is -2.37. The molecule has 1 aliphatic rings. The van der Waals surface area contributed by atoms with Crippen LogP contribution in [0, 0.1) is 12.8 Å². The first-order chi connectivity index (χ1) is 12.5. The van der Waals surface area contributed by atoms with Crippen molar-refractivity contribution in [3.05, 3.63) is 65.2 Å². The standard InChI is InChI=1S/C23H30N2O/c1-17(2)19-8-10-22(11-9-19)24-23(26)20-12-14-25(15-13-20)16-21-7-5-4-6-18(21)3/h4-11,17,20H,12-16H2,1-3H3,(H,24,26). The molecular formula is C23H30N2O. The molecule has 3 nitrogen and oxygen atoms in total. The van der Waals surface area contributed by atoms with Crippen LogP contribution in [-0.4, -0.2) is 23.9 Å². The van der Waals surface area contributed by atoms with E-state index >= 15 is 0 Å². The van der Waals surface area contributed by atoms with Crippen LogP contribution < -0.4 is 5.32 Å². The van der Waals surface area contributed by atoms with E-state index < -0.39 is 0 Å². The first-order valence-corrected chi connectivity index (χ1v) is 9.70. The van der Waals surface area contributed by atoms with Gasteiger partial charge in [-0.1, -0.05) is 50.2 Å². The van der Waals surface area contributed by atoms with E-state index in [1.165, 1.54) is 16.7 Å². The summed E-state index contributed by atoms with van der Waals surface area (Å²) in [5, 5.41) is 3.09. The molecule has 0 atom stereocenters. The van der Waals surface area contributed by atoms with E-state index in [1.807, 2.05) is 12.1 Å². The number of amides is 1. The van der Waals surface area contributed by atoms with Crippen molar-refractivity contribution in [3.8, 4) is 0 Å². The third-order valence-corrected chi connectivity index (χ3v) is 5.46. The van der Waals surface area contributed by atoms with Gasteiger partial charge in [0, 0.05) is 18.2 Å². The second kappa shape index (κ2) is 8.50. The fraction of sp³-hybridized carbons (Fsp3) is 0.435. The average molecular weight is 351 g/mol. The Labute approximate surface area is 157 Å². The van der Waals surface area contributed by atoms with Gasteiger partial charge in [0.25, 0.3) is 0 Å². The quantitative estimate of drug-likeness (QED) is 0.826. The summed E-state index contributed by atoms with van der Waals surface area (Å²) in [4.78, 5) is 15.0. The van der Waals surface area contributed by atoms with Gasteiger partial charge in [-0.05, 0) is 67.6 Å². The molecule has 3 heteroatoms. The van der Waals surface area contributed by atoms with Gasteiger partial charge in [0.1, 0.15) is 0 Å². The molecule has 2 aromatic carbocycles. The summed E-state index contributed by atoms with van der Waals surface area (Å²) in [7, 11) is 0. The smallest absolute Gasteiger partial charge is 0.227 e. The number of rotatable bonds is 5. The maximum absolute atomic E-state index is 12.6. The Kier molecular flexibility index (Phi) is 6.10. The van der Waals surface area contributed by atoms with Crippen molar-refractivity contribution in [2.75, 3.05) is 18.4 Å². The van der Waals surface area contributed by atoms with Crippen LogP contribution in [0.15, 0.2) is 48.5 Å². The molecule has 2 aromatic rings. The monoisotopic (exact) mass is 350 g/mol. The van der Waals surface area contributed by atoms with E-state index in [2.05, 4.69) is 67.4 Å². The van der Waals surface area contributed by atoms with E-state index in [0.29, 0.717) is 5.92 Å². The third-order valence-electron chi connectivity index (χ3n) is 5.46. The largest absolute Gasteiger partial charge is 0.326 e. The van der Waals surface area contributed by atoms with Crippen LogP contribution in [0.3, 0.4) is 0 Å². The minimum atomic E-state index is 0.118. The molecule has 1 amide bonds. The molecule has 0 aliphatic carbocycles. The number of carbonyl (C=O) groups is 1. The minimum Gasteiger partial charge on any atom is -0.326 e. The normalized spacial score (nSPS) is 16.0. The summed E-state index contributed by atoms with van der Waals surface area (Å²) in [5.41, 5.74) is 4.94. The predicted octanol–water partition coefficient (Wildman–Crippen LogP) is 4.97. The van der Waals surface area contributed by atoms with Gasteiger partial charge in [-0.3, -0.25) is 9.69 Å². The van der Waals surface area contributed by atoms with E-state index in [0.717, 1.165) is 38.2 Å². The van der Waals surface area contributed by atoms with E-state index in [1.54, 1.807) is 0 Å².